The molecular formula is C14H12Br2ClNO2S. The molecule has 0 aliphatic heterocycles. The average Bonchev–Trinajstić information content (AvgIpc) is 2.43. The summed E-state index contributed by atoms with van der Waals surface area (Å²) >= 11 is 12.5. The van der Waals surface area contributed by atoms with E-state index in [1.807, 2.05) is 13.0 Å². The first-order valence-electron chi connectivity index (χ1n) is 5.97. The van der Waals surface area contributed by atoms with Crippen LogP contribution in [0, 0.1) is 6.92 Å². The fourth-order valence-corrected chi connectivity index (χ4v) is 4.78. The van der Waals surface area contributed by atoms with Gasteiger partial charge >= 0.3 is 0 Å². The Morgan fingerprint density at radius 1 is 1.14 bits per heavy atom. The first-order valence-corrected chi connectivity index (χ1v) is 9.58. The monoisotopic (exact) mass is 451 g/mol. The smallest absolute Gasteiger partial charge is 0.263 e. The van der Waals surface area contributed by atoms with Crippen molar-refractivity contribution in [3.8, 4) is 0 Å². The second-order valence-electron chi connectivity index (χ2n) is 4.43. The zero-order valence-electron chi connectivity index (χ0n) is 11.0. The lowest BCUT2D eigenvalue weighted by atomic mass is 10.2. The van der Waals surface area contributed by atoms with Crippen LogP contribution in [0.2, 0.25) is 0 Å². The van der Waals surface area contributed by atoms with Crippen LogP contribution in [0.3, 0.4) is 0 Å². The van der Waals surface area contributed by atoms with Crippen LogP contribution in [-0.2, 0) is 15.9 Å². The molecule has 0 radical (unpaired) electrons. The Kier molecular flexibility index (Phi) is 5.35. The summed E-state index contributed by atoms with van der Waals surface area (Å²) < 4.78 is 28.9. The summed E-state index contributed by atoms with van der Waals surface area (Å²) in [6.07, 6.45) is 0. The van der Waals surface area contributed by atoms with Crippen molar-refractivity contribution in [1.82, 2.24) is 0 Å². The Balaban J connectivity index is 2.46. The molecule has 2 aromatic rings. The van der Waals surface area contributed by atoms with Crippen LogP contribution >= 0.6 is 43.5 Å². The van der Waals surface area contributed by atoms with Crippen LogP contribution in [0.15, 0.2) is 50.2 Å². The number of hydrogen-bond acceptors (Lipinski definition) is 2. The highest BCUT2D eigenvalue weighted by atomic mass is 79.9. The van der Waals surface area contributed by atoms with Crippen LogP contribution < -0.4 is 4.72 Å². The number of benzene rings is 2. The molecule has 7 heteroatoms. The number of anilines is 1. The molecule has 0 aliphatic rings. The third-order valence-corrected chi connectivity index (χ3v) is 6.37. The topological polar surface area (TPSA) is 46.2 Å². The third kappa shape index (κ3) is 3.80. The van der Waals surface area contributed by atoms with Gasteiger partial charge in [0.2, 0.25) is 0 Å². The minimum absolute atomic E-state index is 0.171. The molecule has 0 saturated heterocycles. The van der Waals surface area contributed by atoms with Gasteiger partial charge < -0.3 is 0 Å². The Labute approximate surface area is 146 Å². The maximum Gasteiger partial charge on any atom is 0.263 e. The predicted molar refractivity (Wildman–Crippen MR) is 93.4 cm³/mol. The van der Waals surface area contributed by atoms with Gasteiger partial charge in [-0.1, -0.05) is 34.1 Å². The first kappa shape index (κ1) is 16.8. The van der Waals surface area contributed by atoms with Crippen molar-refractivity contribution in [2.45, 2.75) is 17.7 Å². The molecule has 0 saturated carbocycles. The molecule has 0 aromatic heterocycles. The van der Waals surface area contributed by atoms with E-state index in [9.17, 15) is 8.42 Å². The summed E-state index contributed by atoms with van der Waals surface area (Å²) in [5.41, 5.74) is 2.16. The molecule has 1 N–H and O–H groups in total. The van der Waals surface area contributed by atoms with E-state index >= 15 is 0 Å². The second-order valence-corrected chi connectivity index (χ2v) is 8.05. The van der Waals surface area contributed by atoms with E-state index in [4.69, 9.17) is 11.6 Å². The maximum absolute atomic E-state index is 12.5. The molecule has 0 heterocycles. The summed E-state index contributed by atoms with van der Waals surface area (Å²) in [6.45, 7) is 1.89. The van der Waals surface area contributed by atoms with E-state index in [0.29, 0.717) is 10.2 Å². The highest BCUT2D eigenvalue weighted by Gasteiger charge is 2.20. The van der Waals surface area contributed by atoms with Gasteiger partial charge in [-0.25, -0.2) is 8.42 Å². The van der Waals surface area contributed by atoms with E-state index < -0.39 is 10.0 Å². The Hall–Kier alpha value is -0.560. The van der Waals surface area contributed by atoms with Gasteiger partial charge in [-0.05, 0) is 52.2 Å². The number of aryl methyl sites for hydroxylation is 1. The summed E-state index contributed by atoms with van der Waals surface area (Å²) in [4.78, 5) is 0.171. The lowest BCUT2D eigenvalue weighted by Crippen LogP contribution is -2.15. The van der Waals surface area contributed by atoms with Crippen LogP contribution in [0.5, 0.6) is 0 Å². The van der Waals surface area contributed by atoms with E-state index in [2.05, 4.69) is 36.6 Å². The molecule has 0 spiro atoms. The van der Waals surface area contributed by atoms with E-state index in [-0.39, 0.29) is 10.8 Å². The minimum atomic E-state index is -3.70. The lowest BCUT2D eigenvalue weighted by molar-refractivity contribution is 0.600. The first-order chi connectivity index (χ1) is 9.85. The molecule has 112 valence electrons. The minimum Gasteiger partial charge on any atom is -0.279 e. The number of halogens is 3. The SMILES string of the molecule is Cc1cc(Br)c(S(=O)(=O)Nc2ccccc2CCl)cc1Br. The van der Waals surface area contributed by atoms with Gasteiger partial charge in [0.15, 0.2) is 0 Å². The van der Waals surface area contributed by atoms with Crippen molar-refractivity contribution in [2.75, 3.05) is 4.72 Å². The van der Waals surface area contributed by atoms with Crippen molar-refractivity contribution in [3.05, 3.63) is 56.5 Å². The van der Waals surface area contributed by atoms with Crippen molar-refractivity contribution >= 4 is 59.2 Å². The maximum atomic E-state index is 12.5. The number of hydrogen-bond donors (Lipinski definition) is 1. The molecule has 3 nitrogen and oxygen atoms in total. The number of para-hydroxylation sites is 1. The lowest BCUT2D eigenvalue weighted by Gasteiger charge is -2.13. The zero-order chi connectivity index (χ0) is 15.6. The zero-order valence-corrected chi connectivity index (χ0v) is 15.8. The van der Waals surface area contributed by atoms with Crippen molar-refractivity contribution < 1.29 is 8.42 Å². The summed E-state index contributed by atoms with van der Waals surface area (Å²) in [7, 11) is -3.70. The van der Waals surface area contributed by atoms with Crippen LogP contribution in [0.25, 0.3) is 0 Å². The van der Waals surface area contributed by atoms with E-state index in [1.165, 1.54) is 0 Å². The highest BCUT2D eigenvalue weighted by molar-refractivity contribution is 9.11. The van der Waals surface area contributed by atoms with Gasteiger partial charge in [-0.2, -0.15) is 0 Å². The standard InChI is InChI=1S/C14H12Br2ClNO2S/c1-9-6-12(16)14(7-11(9)15)21(19,20)18-13-5-3-2-4-10(13)8-17/h2-7,18H,8H2,1H3. The molecule has 0 atom stereocenters. The summed E-state index contributed by atoms with van der Waals surface area (Å²) in [5.74, 6) is 0.234. The molecule has 2 rings (SSSR count). The van der Waals surface area contributed by atoms with Crippen molar-refractivity contribution in [1.29, 1.82) is 0 Å². The molecule has 0 aliphatic carbocycles. The molecule has 0 bridgehead atoms. The molecular weight excluding hydrogens is 441 g/mol. The number of nitrogens with one attached hydrogen (secondary N) is 1. The molecule has 0 unspecified atom stereocenters. The van der Waals surface area contributed by atoms with E-state index in [0.717, 1.165) is 15.6 Å². The normalized spacial score (nSPS) is 11.4. The molecule has 2 aromatic carbocycles. The third-order valence-electron chi connectivity index (χ3n) is 2.91. The predicted octanol–water partition coefficient (Wildman–Crippen LogP) is 5.06. The van der Waals surface area contributed by atoms with Gasteiger partial charge in [0, 0.05) is 14.8 Å². The van der Waals surface area contributed by atoms with Crippen molar-refractivity contribution in [2.24, 2.45) is 0 Å². The molecule has 0 amide bonds. The quantitative estimate of drug-likeness (QED) is 0.658. The van der Waals surface area contributed by atoms with Crippen LogP contribution in [0.1, 0.15) is 11.1 Å². The van der Waals surface area contributed by atoms with Crippen molar-refractivity contribution in [3.63, 3.8) is 0 Å². The fourth-order valence-electron chi connectivity index (χ4n) is 1.77. The Morgan fingerprint density at radius 2 is 1.81 bits per heavy atom. The Bertz CT molecular complexity index is 779. The highest BCUT2D eigenvalue weighted by Crippen LogP contribution is 2.30. The largest absolute Gasteiger partial charge is 0.279 e. The summed E-state index contributed by atoms with van der Waals surface area (Å²) in [6, 6.07) is 10.4. The van der Waals surface area contributed by atoms with Gasteiger partial charge in [0.05, 0.1) is 5.69 Å². The Morgan fingerprint density at radius 3 is 2.48 bits per heavy atom. The summed E-state index contributed by atoms with van der Waals surface area (Å²) in [5, 5.41) is 0. The molecule has 21 heavy (non-hydrogen) atoms. The van der Waals surface area contributed by atoms with Gasteiger partial charge in [0.1, 0.15) is 4.90 Å². The average molecular weight is 454 g/mol. The van der Waals surface area contributed by atoms with Gasteiger partial charge in [0.25, 0.3) is 10.0 Å². The molecule has 0 fully saturated rings. The van der Waals surface area contributed by atoms with E-state index in [1.54, 1.807) is 30.3 Å². The number of sulfonamides is 1. The number of rotatable bonds is 4. The van der Waals surface area contributed by atoms with Crippen LogP contribution in [-0.4, -0.2) is 8.42 Å². The second kappa shape index (κ2) is 6.69. The fraction of sp³-hybridized carbons (Fsp3) is 0.143. The number of alkyl halides is 1. The van der Waals surface area contributed by atoms with Crippen LogP contribution in [0.4, 0.5) is 5.69 Å². The van der Waals surface area contributed by atoms with Gasteiger partial charge in [-0.3, -0.25) is 4.72 Å². The van der Waals surface area contributed by atoms with Gasteiger partial charge in [-0.15, -0.1) is 11.6 Å².